The monoisotopic (exact) mass is 203 g/mol. The van der Waals surface area contributed by atoms with Gasteiger partial charge in [0.05, 0.1) is 0 Å². The maximum absolute atomic E-state index is 11.9. The summed E-state index contributed by atoms with van der Waals surface area (Å²) in [6.07, 6.45) is -7.59. The van der Waals surface area contributed by atoms with E-state index in [2.05, 4.69) is 5.43 Å². The van der Waals surface area contributed by atoms with Crippen LogP contribution in [0.4, 0.5) is 13.2 Å². The zero-order chi connectivity index (χ0) is 9.35. The molecule has 0 amide bonds. The Balaban J connectivity index is 2.51. The molecule has 8 heteroatoms. The van der Waals surface area contributed by atoms with E-state index in [-0.39, 0.29) is 0 Å². The van der Waals surface area contributed by atoms with Crippen LogP contribution in [0.3, 0.4) is 0 Å². The molecule has 1 fully saturated rings. The van der Waals surface area contributed by atoms with E-state index in [4.69, 9.17) is 11.6 Å². The second-order valence-electron chi connectivity index (χ2n) is 2.17. The maximum atomic E-state index is 11.9. The minimum Gasteiger partial charge on any atom is -0.278 e. The topological polar surface area (TPSA) is 53.2 Å². The van der Waals surface area contributed by atoms with E-state index in [0.717, 1.165) is 0 Å². The van der Waals surface area contributed by atoms with Gasteiger partial charge in [-0.25, -0.2) is 10.9 Å². The molecule has 0 spiro atoms. The lowest BCUT2D eigenvalue weighted by molar-refractivity contribution is -0.158. The van der Waals surface area contributed by atoms with E-state index in [1.807, 2.05) is 10.7 Å². The molecule has 0 aliphatic carbocycles. The van der Waals surface area contributed by atoms with Crippen LogP contribution < -0.4 is 16.2 Å². The van der Waals surface area contributed by atoms with Crippen LogP contribution in [-0.2, 0) is 4.79 Å². The molecule has 1 aliphatic heterocycles. The van der Waals surface area contributed by atoms with Gasteiger partial charge >= 0.3 is 6.18 Å². The van der Waals surface area contributed by atoms with Gasteiger partial charge in [-0.1, -0.05) is 0 Å². The lowest BCUT2D eigenvalue weighted by atomic mass is 10.5. The zero-order valence-electron chi connectivity index (χ0n) is 5.57. The SMILES string of the molecule is O=C(Cl)C1NNC(C(F)(F)F)N1. The van der Waals surface area contributed by atoms with Gasteiger partial charge in [-0.15, -0.1) is 0 Å². The zero-order valence-corrected chi connectivity index (χ0v) is 6.33. The van der Waals surface area contributed by atoms with Gasteiger partial charge < -0.3 is 0 Å². The van der Waals surface area contributed by atoms with Crippen molar-refractivity contribution in [1.82, 2.24) is 16.2 Å². The molecule has 70 valence electrons. The molecule has 3 N–H and O–H groups in total. The molecule has 0 saturated carbocycles. The molecule has 0 aromatic carbocycles. The first-order chi connectivity index (χ1) is 5.41. The third-order valence-corrected chi connectivity index (χ3v) is 1.48. The first-order valence-corrected chi connectivity index (χ1v) is 3.32. The van der Waals surface area contributed by atoms with Crippen LogP contribution in [0.25, 0.3) is 0 Å². The first-order valence-electron chi connectivity index (χ1n) is 2.94. The Morgan fingerprint density at radius 1 is 1.33 bits per heavy atom. The van der Waals surface area contributed by atoms with Gasteiger partial charge in [-0.05, 0) is 11.6 Å². The molecular weight excluding hydrogens is 199 g/mol. The molecule has 2 atom stereocenters. The van der Waals surface area contributed by atoms with Crippen LogP contribution in [0, 0.1) is 0 Å². The fraction of sp³-hybridized carbons (Fsp3) is 0.750. The van der Waals surface area contributed by atoms with Crippen molar-refractivity contribution in [2.75, 3.05) is 0 Å². The van der Waals surface area contributed by atoms with Gasteiger partial charge in [0.1, 0.15) is 6.17 Å². The van der Waals surface area contributed by atoms with Crippen LogP contribution in [-0.4, -0.2) is 23.8 Å². The third-order valence-electron chi connectivity index (χ3n) is 1.26. The molecule has 1 rings (SSSR count). The number of halogens is 4. The Labute approximate surface area is 70.4 Å². The highest BCUT2D eigenvalue weighted by Crippen LogP contribution is 2.19. The Bertz CT molecular complexity index is 196. The molecule has 0 aromatic rings. The average molecular weight is 204 g/mol. The largest absolute Gasteiger partial charge is 0.418 e. The van der Waals surface area contributed by atoms with Gasteiger partial charge in [0.2, 0.25) is 0 Å². The normalized spacial score (nSPS) is 30.7. The van der Waals surface area contributed by atoms with E-state index in [1.165, 1.54) is 0 Å². The molecular formula is C4H5ClF3N3O. The van der Waals surface area contributed by atoms with Crippen molar-refractivity contribution in [2.45, 2.75) is 18.5 Å². The summed E-state index contributed by atoms with van der Waals surface area (Å²) in [6, 6.07) is 0. The van der Waals surface area contributed by atoms with E-state index in [9.17, 15) is 18.0 Å². The van der Waals surface area contributed by atoms with Gasteiger partial charge in [0.25, 0.3) is 5.24 Å². The smallest absolute Gasteiger partial charge is 0.278 e. The molecule has 12 heavy (non-hydrogen) atoms. The second-order valence-corrected chi connectivity index (χ2v) is 2.54. The summed E-state index contributed by atoms with van der Waals surface area (Å²) in [5, 5.41) is 0.980. The standard InChI is InChI=1S/C4H5ClF3N3O/c5-1(12)2-9-3(11-10-2)4(6,7)8/h2-3,9-11H. The minimum absolute atomic E-state index is 0.922. The summed E-state index contributed by atoms with van der Waals surface area (Å²) in [4.78, 5) is 10.4. The summed E-state index contributed by atoms with van der Waals surface area (Å²) >= 11 is 4.93. The average Bonchev–Trinajstić information content (AvgIpc) is 2.30. The Morgan fingerprint density at radius 2 is 1.92 bits per heavy atom. The number of hydrogen-bond acceptors (Lipinski definition) is 4. The van der Waals surface area contributed by atoms with Crippen molar-refractivity contribution in [2.24, 2.45) is 0 Å². The Morgan fingerprint density at radius 3 is 2.17 bits per heavy atom. The Hall–Kier alpha value is -0.370. The van der Waals surface area contributed by atoms with Crippen LogP contribution >= 0.6 is 11.6 Å². The number of hydrogen-bond donors (Lipinski definition) is 3. The van der Waals surface area contributed by atoms with Crippen molar-refractivity contribution in [3.63, 3.8) is 0 Å². The van der Waals surface area contributed by atoms with Crippen molar-refractivity contribution < 1.29 is 18.0 Å². The van der Waals surface area contributed by atoms with Crippen LogP contribution in [0.15, 0.2) is 0 Å². The fourth-order valence-corrected chi connectivity index (χ4v) is 0.833. The summed E-state index contributed by atoms with van der Waals surface area (Å²) in [6.45, 7) is 0. The molecule has 0 radical (unpaired) electrons. The molecule has 0 bridgehead atoms. The van der Waals surface area contributed by atoms with Crippen LogP contribution in [0.1, 0.15) is 0 Å². The fourth-order valence-electron chi connectivity index (χ4n) is 0.715. The van der Waals surface area contributed by atoms with Crippen molar-refractivity contribution >= 4 is 16.8 Å². The predicted octanol–water partition coefficient (Wildman–Crippen LogP) is -0.336. The quantitative estimate of drug-likeness (QED) is 0.511. The molecule has 2 unspecified atom stereocenters. The van der Waals surface area contributed by atoms with Crippen molar-refractivity contribution in [3.05, 3.63) is 0 Å². The minimum atomic E-state index is -4.45. The van der Waals surface area contributed by atoms with Crippen molar-refractivity contribution in [1.29, 1.82) is 0 Å². The van der Waals surface area contributed by atoms with Crippen molar-refractivity contribution in [3.8, 4) is 0 Å². The number of carbonyl (C=O) groups is 1. The summed E-state index contributed by atoms with van der Waals surface area (Å²) in [5.41, 5.74) is 3.89. The number of hydrazine groups is 1. The third kappa shape index (κ3) is 2.07. The lowest BCUT2D eigenvalue weighted by Crippen LogP contribution is -2.47. The molecule has 4 nitrogen and oxygen atoms in total. The summed E-state index contributed by atoms with van der Waals surface area (Å²) in [5.74, 6) is 0. The Kier molecular flexibility index (Phi) is 2.57. The number of rotatable bonds is 1. The van der Waals surface area contributed by atoms with E-state index < -0.39 is 23.8 Å². The second kappa shape index (κ2) is 3.17. The molecule has 1 aliphatic rings. The van der Waals surface area contributed by atoms with Crippen LogP contribution in [0.2, 0.25) is 0 Å². The number of nitrogens with one attached hydrogen (secondary N) is 3. The van der Waals surface area contributed by atoms with Crippen LogP contribution in [0.5, 0.6) is 0 Å². The molecule has 0 aromatic heterocycles. The molecule has 1 heterocycles. The number of carbonyl (C=O) groups excluding carboxylic acids is 1. The van der Waals surface area contributed by atoms with Gasteiger partial charge in [-0.3, -0.25) is 10.1 Å². The summed E-state index contributed by atoms with van der Waals surface area (Å²) in [7, 11) is 0. The molecule has 1 saturated heterocycles. The lowest BCUT2D eigenvalue weighted by Gasteiger charge is -2.13. The summed E-state index contributed by atoms with van der Waals surface area (Å²) < 4.78 is 35.6. The predicted molar refractivity (Wildman–Crippen MR) is 33.9 cm³/mol. The highest BCUT2D eigenvalue weighted by molar-refractivity contribution is 6.64. The maximum Gasteiger partial charge on any atom is 0.418 e. The van der Waals surface area contributed by atoms with E-state index >= 15 is 0 Å². The van der Waals surface area contributed by atoms with Gasteiger partial charge in [-0.2, -0.15) is 13.2 Å². The number of alkyl halides is 3. The van der Waals surface area contributed by atoms with E-state index in [1.54, 1.807) is 0 Å². The first kappa shape index (κ1) is 9.72. The van der Waals surface area contributed by atoms with E-state index in [0.29, 0.717) is 0 Å². The highest BCUT2D eigenvalue weighted by atomic mass is 35.5. The highest BCUT2D eigenvalue weighted by Gasteiger charge is 2.45. The van der Waals surface area contributed by atoms with Gasteiger partial charge in [0, 0.05) is 0 Å². The van der Waals surface area contributed by atoms with Gasteiger partial charge in [0.15, 0.2) is 6.17 Å².